The van der Waals surface area contributed by atoms with Gasteiger partial charge in [-0.3, -0.25) is 14.6 Å². The van der Waals surface area contributed by atoms with E-state index in [0.717, 1.165) is 17.1 Å². The summed E-state index contributed by atoms with van der Waals surface area (Å²) in [5.74, 6) is -0.638. The predicted molar refractivity (Wildman–Crippen MR) is 171 cm³/mol. The molecule has 11 heteroatoms. The fourth-order valence-corrected chi connectivity index (χ4v) is 5.66. The first-order chi connectivity index (χ1) is 21.0. The van der Waals surface area contributed by atoms with Crippen molar-refractivity contribution >= 4 is 30.7 Å². The Labute approximate surface area is 258 Å². The Kier molecular flexibility index (Phi) is 10.7. The van der Waals surface area contributed by atoms with Gasteiger partial charge in [-0.1, -0.05) is 32.6 Å². The number of nitrogens with zero attached hydrogens (tertiary/aromatic N) is 4. The van der Waals surface area contributed by atoms with Crippen LogP contribution < -0.4 is 4.74 Å². The smallest absolute Gasteiger partial charge is 0.254 e. The highest BCUT2D eigenvalue weighted by atomic mass is 28.3. The Morgan fingerprint density at radius 3 is 2.55 bits per heavy atom. The molecule has 0 atom stereocenters. The second-order valence-corrected chi connectivity index (χ2v) is 17.5. The first-order valence-electron chi connectivity index (χ1n) is 14.8. The molecule has 2 heterocycles. The number of ether oxygens (including phenoxy) is 2. The van der Waals surface area contributed by atoms with Gasteiger partial charge in [0.05, 0.1) is 36.2 Å². The van der Waals surface area contributed by atoms with Gasteiger partial charge in [-0.25, -0.2) is 9.07 Å². The minimum atomic E-state index is -1.25. The van der Waals surface area contributed by atoms with Crippen molar-refractivity contribution in [3.8, 4) is 16.9 Å². The molecule has 0 aliphatic rings. The molecular formula is C33H41FN4O5Si. The topological polar surface area (TPSA) is 107 Å². The van der Waals surface area contributed by atoms with E-state index in [1.165, 1.54) is 12.1 Å². The minimum absolute atomic E-state index is 0.0279. The molecule has 44 heavy (non-hydrogen) atoms. The number of halogens is 1. The zero-order chi connectivity index (χ0) is 32.0. The highest BCUT2D eigenvalue weighted by Gasteiger charge is 2.21. The number of carbonyl (C=O) groups excluding carboxylic acids is 2. The van der Waals surface area contributed by atoms with Crippen LogP contribution in [0.3, 0.4) is 0 Å². The van der Waals surface area contributed by atoms with Crippen LogP contribution in [-0.4, -0.2) is 64.8 Å². The minimum Gasteiger partial charge on any atom is -0.493 e. The number of aliphatic hydroxyl groups is 1. The molecule has 0 saturated carbocycles. The second kappa shape index (κ2) is 14.2. The lowest BCUT2D eigenvalue weighted by atomic mass is 9.98. The van der Waals surface area contributed by atoms with Crippen molar-refractivity contribution in [2.45, 2.75) is 65.8 Å². The summed E-state index contributed by atoms with van der Waals surface area (Å²) < 4.78 is 27.9. The Balaban J connectivity index is 1.60. The average Bonchev–Trinajstić information content (AvgIpc) is 3.43. The Hall–Kier alpha value is -3.93. The number of ketones is 1. The highest BCUT2D eigenvalue weighted by Crippen LogP contribution is 2.33. The molecule has 0 radical (unpaired) electrons. The van der Waals surface area contributed by atoms with Gasteiger partial charge >= 0.3 is 0 Å². The number of aliphatic hydroxyl groups excluding tert-OH is 1. The fraction of sp³-hybridized carbons (Fsp3) is 0.394. The number of benzene rings is 2. The number of fused-ring (bicyclic) bond motifs is 1. The molecule has 2 aromatic carbocycles. The maximum Gasteiger partial charge on any atom is 0.254 e. The van der Waals surface area contributed by atoms with Gasteiger partial charge in [0.15, 0.2) is 5.78 Å². The van der Waals surface area contributed by atoms with Gasteiger partial charge in [0.2, 0.25) is 0 Å². The standard InChI is InChI=1S/C33H41FN4O5Si/c1-7-30(40)26-15-22(10-12-28(26)34)25-11-9-23(16-31(25)43-8-2)33(41)37(3)19-24-17-35-29(20-39)27-18-36-38(32(24)27)21-42-13-14-44(4,5)6/h9-12,15-18,39H,7-8,13-14,19-21H2,1-6H3. The molecule has 0 aliphatic heterocycles. The van der Waals surface area contributed by atoms with E-state index in [1.54, 1.807) is 60.2 Å². The van der Waals surface area contributed by atoms with E-state index in [1.807, 2.05) is 6.92 Å². The van der Waals surface area contributed by atoms with Crippen molar-refractivity contribution in [1.82, 2.24) is 19.7 Å². The Bertz CT molecular complexity index is 1650. The van der Waals surface area contributed by atoms with E-state index in [-0.39, 0.29) is 43.6 Å². The van der Waals surface area contributed by atoms with Crippen LogP contribution in [0.2, 0.25) is 25.7 Å². The fourth-order valence-electron chi connectivity index (χ4n) is 4.90. The molecule has 0 unspecified atom stereocenters. The van der Waals surface area contributed by atoms with Gasteiger partial charge in [-0.15, -0.1) is 0 Å². The van der Waals surface area contributed by atoms with Crippen LogP contribution in [-0.2, 0) is 24.6 Å². The Morgan fingerprint density at radius 2 is 1.86 bits per heavy atom. The van der Waals surface area contributed by atoms with Crippen molar-refractivity contribution in [3.05, 3.63) is 77.0 Å². The number of Topliss-reactive ketones (excluding diaryl/α,β-unsaturated/α-hetero) is 1. The summed E-state index contributed by atoms with van der Waals surface area (Å²) in [6, 6.07) is 10.5. The maximum atomic E-state index is 14.3. The van der Waals surface area contributed by atoms with E-state index in [2.05, 4.69) is 29.7 Å². The molecule has 4 aromatic rings. The lowest BCUT2D eigenvalue weighted by Crippen LogP contribution is -2.27. The molecule has 4 rings (SSSR count). The van der Waals surface area contributed by atoms with Crippen LogP contribution in [0.1, 0.15) is 52.2 Å². The zero-order valence-electron chi connectivity index (χ0n) is 26.3. The van der Waals surface area contributed by atoms with E-state index < -0.39 is 13.9 Å². The summed E-state index contributed by atoms with van der Waals surface area (Å²) >= 11 is 0. The molecule has 0 fully saturated rings. The molecule has 234 valence electrons. The van der Waals surface area contributed by atoms with Crippen LogP contribution >= 0.6 is 0 Å². The van der Waals surface area contributed by atoms with Crippen molar-refractivity contribution in [2.75, 3.05) is 20.3 Å². The third-order valence-electron chi connectivity index (χ3n) is 7.37. The van der Waals surface area contributed by atoms with Gasteiger partial charge in [0.25, 0.3) is 5.91 Å². The van der Waals surface area contributed by atoms with E-state index in [9.17, 15) is 19.1 Å². The summed E-state index contributed by atoms with van der Waals surface area (Å²) in [5.41, 5.74) is 3.74. The third kappa shape index (κ3) is 7.58. The third-order valence-corrected chi connectivity index (χ3v) is 9.08. The van der Waals surface area contributed by atoms with E-state index in [0.29, 0.717) is 46.7 Å². The number of amides is 1. The maximum absolute atomic E-state index is 14.3. The summed E-state index contributed by atoms with van der Waals surface area (Å²) in [6.45, 7) is 11.7. The van der Waals surface area contributed by atoms with Crippen molar-refractivity contribution in [1.29, 1.82) is 0 Å². The van der Waals surface area contributed by atoms with Crippen LogP contribution in [0.5, 0.6) is 5.75 Å². The summed E-state index contributed by atoms with van der Waals surface area (Å²) in [6.07, 6.45) is 3.52. The largest absolute Gasteiger partial charge is 0.493 e. The zero-order valence-corrected chi connectivity index (χ0v) is 27.3. The summed E-state index contributed by atoms with van der Waals surface area (Å²) in [4.78, 5) is 31.9. The monoisotopic (exact) mass is 620 g/mol. The number of pyridine rings is 1. The second-order valence-electron chi connectivity index (χ2n) is 11.9. The van der Waals surface area contributed by atoms with Gasteiger partial charge < -0.3 is 19.5 Å². The molecule has 2 aromatic heterocycles. The van der Waals surface area contributed by atoms with Gasteiger partial charge in [0.1, 0.15) is 18.3 Å². The van der Waals surface area contributed by atoms with Crippen LogP contribution in [0.4, 0.5) is 4.39 Å². The van der Waals surface area contributed by atoms with Crippen molar-refractivity contribution in [3.63, 3.8) is 0 Å². The van der Waals surface area contributed by atoms with E-state index in [4.69, 9.17) is 9.47 Å². The first kappa shape index (κ1) is 33.0. The number of hydrogen-bond donors (Lipinski definition) is 1. The quantitative estimate of drug-likeness (QED) is 0.100. The number of aromatic nitrogens is 3. The average molecular weight is 621 g/mol. The van der Waals surface area contributed by atoms with Crippen LogP contribution in [0, 0.1) is 5.82 Å². The predicted octanol–water partition coefficient (Wildman–Crippen LogP) is 6.31. The van der Waals surface area contributed by atoms with Gasteiger partial charge in [-0.05, 0) is 48.9 Å². The van der Waals surface area contributed by atoms with Crippen LogP contribution in [0.15, 0.2) is 48.8 Å². The lowest BCUT2D eigenvalue weighted by molar-refractivity contribution is 0.0780. The van der Waals surface area contributed by atoms with Gasteiger partial charge in [0, 0.05) is 63.0 Å². The molecule has 1 amide bonds. The molecule has 0 spiro atoms. The SMILES string of the molecule is CCOc1cc(C(=O)N(C)Cc2cnc(CO)c3cnn(COCC[Si](C)(C)C)c23)ccc1-c1ccc(F)c(C(=O)CC)c1. The molecule has 0 bridgehead atoms. The van der Waals surface area contributed by atoms with Crippen LogP contribution in [0.25, 0.3) is 22.0 Å². The highest BCUT2D eigenvalue weighted by molar-refractivity contribution is 6.76. The molecular weight excluding hydrogens is 579 g/mol. The Morgan fingerprint density at radius 1 is 1.09 bits per heavy atom. The number of rotatable bonds is 14. The van der Waals surface area contributed by atoms with Gasteiger partial charge in [-0.2, -0.15) is 5.10 Å². The van der Waals surface area contributed by atoms with Crippen molar-refractivity contribution < 1.29 is 28.6 Å². The molecule has 1 N–H and O–H groups in total. The van der Waals surface area contributed by atoms with E-state index >= 15 is 0 Å². The summed E-state index contributed by atoms with van der Waals surface area (Å²) in [7, 11) is 0.456. The number of hydrogen-bond acceptors (Lipinski definition) is 7. The first-order valence-corrected chi connectivity index (χ1v) is 18.5. The molecule has 0 saturated heterocycles. The normalized spacial score (nSPS) is 11.6. The van der Waals surface area contributed by atoms with Crippen molar-refractivity contribution in [2.24, 2.45) is 0 Å². The lowest BCUT2D eigenvalue weighted by Gasteiger charge is -2.20. The summed E-state index contributed by atoms with van der Waals surface area (Å²) in [5, 5.41) is 15.1. The molecule has 0 aliphatic carbocycles. The number of carbonyl (C=O) groups is 2. The molecule has 9 nitrogen and oxygen atoms in total.